The average molecular weight is 1010 g/mol. The Bertz CT molecular complexity index is 3050. The van der Waals surface area contributed by atoms with Crippen LogP contribution in [0.5, 0.6) is 0 Å². The number of nitrogens with zero attached hydrogens (tertiary/aromatic N) is 2. The molecule has 2 aromatic heterocycles. The predicted octanol–water partition coefficient (Wildman–Crippen LogP) is 9.05. The smallest absolute Gasteiger partial charge is 0.326 e. The first kappa shape index (κ1) is 53.0. The Morgan fingerprint density at radius 1 is 0.541 bits per heavy atom. The van der Waals surface area contributed by atoms with Crippen molar-refractivity contribution in [3.05, 3.63) is 186 Å². The minimum Gasteiger partial charge on any atom is -0.480 e. The molecule has 2 heterocycles. The lowest BCUT2D eigenvalue weighted by Gasteiger charge is -2.16. The van der Waals surface area contributed by atoms with E-state index in [1.165, 1.54) is 11.8 Å². The molecule has 0 aliphatic carbocycles. The summed E-state index contributed by atoms with van der Waals surface area (Å²) in [4.78, 5) is 85.5. The van der Waals surface area contributed by atoms with Gasteiger partial charge in [-0.25, -0.2) is 19.6 Å². The number of carbonyl (C=O) groups excluding carboxylic acids is 4. The first-order valence-electron chi connectivity index (χ1n) is 24.0. The minimum atomic E-state index is -1.20. The second kappa shape index (κ2) is 26.6. The van der Waals surface area contributed by atoms with Crippen molar-refractivity contribution < 1.29 is 39.0 Å². The largest absolute Gasteiger partial charge is 0.480 e. The zero-order valence-corrected chi connectivity index (χ0v) is 41.4. The summed E-state index contributed by atoms with van der Waals surface area (Å²) in [5, 5.41) is 37.3. The number of anilines is 4. The van der Waals surface area contributed by atoms with Crippen molar-refractivity contribution in [2.45, 2.75) is 55.5 Å². The molecule has 0 aliphatic rings. The van der Waals surface area contributed by atoms with Crippen LogP contribution in [0, 0.1) is 0 Å². The highest BCUT2D eigenvalue weighted by Crippen LogP contribution is 2.26. The molecule has 5 aromatic carbocycles. The van der Waals surface area contributed by atoms with Crippen molar-refractivity contribution >= 4 is 70.3 Å². The van der Waals surface area contributed by atoms with Crippen LogP contribution in [0.3, 0.4) is 0 Å². The van der Waals surface area contributed by atoms with E-state index in [1.807, 2.05) is 79.1 Å². The Morgan fingerprint density at radius 2 is 1.08 bits per heavy atom. The van der Waals surface area contributed by atoms with Crippen LogP contribution in [-0.2, 0) is 32.0 Å². The summed E-state index contributed by atoms with van der Waals surface area (Å²) < 4.78 is 0. The normalized spacial score (nSPS) is 11.6. The molecular weight excluding hydrogens is 957 g/mol. The lowest BCUT2D eigenvalue weighted by atomic mass is 10.00. The van der Waals surface area contributed by atoms with E-state index >= 15 is 0 Å². The van der Waals surface area contributed by atoms with Gasteiger partial charge in [0, 0.05) is 72.4 Å². The third-order valence-corrected chi connectivity index (χ3v) is 12.5. The van der Waals surface area contributed by atoms with Gasteiger partial charge in [0.25, 0.3) is 11.8 Å². The quantitative estimate of drug-likeness (QED) is 0.0197. The molecule has 17 heteroatoms. The average Bonchev–Trinajstić information content (AvgIpc) is 3.42. The standard InChI is InChI=1S/C57H56N8O8S/c1-74-49-14-3-2-12-45(49)55(69)65-48(57(72)73)35-38-21-29-44(30-22-38)62-53(67)18-9-33-60-51-16-7-13-46(63-51)40-25-23-39(24-26-40)41-10-6-11-42(36-41)54(68)64-47(56(70)71)34-37-19-27-43(28-20-37)61-52(66)17-8-32-59-50-15-4-5-31-58-50/h2-7,10-16,19-31,36,47-48H,8-9,17-18,32-35H2,1H3,(H,58,59)(H,60,63)(H,61,66)(H,62,67)(H,64,68)(H,65,69)(H,70,71)(H,72,73)/t47-,48-/m0/s1. The van der Waals surface area contributed by atoms with Crippen LogP contribution >= 0.6 is 11.8 Å². The number of carboxylic acid groups (broad SMARTS) is 2. The summed E-state index contributed by atoms with van der Waals surface area (Å²) in [6, 6.07) is 44.3. The second-order valence-electron chi connectivity index (χ2n) is 17.2. The van der Waals surface area contributed by atoms with Crippen LogP contribution in [0.1, 0.15) is 57.5 Å². The van der Waals surface area contributed by atoms with Gasteiger partial charge in [-0.3, -0.25) is 19.2 Å². The van der Waals surface area contributed by atoms with Crippen LogP contribution < -0.4 is 31.9 Å². The first-order valence-corrected chi connectivity index (χ1v) is 25.2. The van der Waals surface area contributed by atoms with E-state index in [9.17, 15) is 39.0 Å². The molecule has 0 radical (unpaired) electrons. The highest BCUT2D eigenvalue weighted by molar-refractivity contribution is 7.98. The van der Waals surface area contributed by atoms with Gasteiger partial charge < -0.3 is 42.1 Å². The van der Waals surface area contributed by atoms with E-state index in [-0.39, 0.29) is 31.1 Å². The molecule has 74 heavy (non-hydrogen) atoms. The summed E-state index contributed by atoms with van der Waals surface area (Å²) in [6.45, 7) is 1.09. The highest BCUT2D eigenvalue weighted by atomic mass is 32.2. The Hall–Kier alpha value is -8.83. The van der Waals surface area contributed by atoms with Crippen LogP contribution in [0.2, 0.25) is 0 Å². The van der Waals surface area contributed by atoms with Crippen molar-refractivity contribution in [2.24, 2.45) is 0 Å². The van der Waals surface area contributed by atoms with E-state index in [2.05, 4.69) is 36.9 Å². The molecule has 16 nitrogen and oxygen atoms in total. The number of thioether (sulfide) groups is 1. The number of amides is 4. The van der Waals surface area contributed by atoms with Gasteiger partial charge >= 0.3 is 11.9 Å². The number of pyridine rings is 2. The van der Waals surface area contributed by atoms with E-state index in [0.29, 0.717) is 71.8 Å². The van der Waals surface area contributed by atoms with E-state index in [4.69, 9.17) is 4.98 Å². The molecule has 4 amide bonds. The fourth-order valence-electron chi connectivity index (χ4n) is 7.84. The molecule has 0 unspecified atom stereocenters. The molecule has 0 spiro atoms. The third kappa shape index (κ3) is 15.8. The maximum atomic E-state index is 13.4. The monoisotopic (exact) mass is 1010 g/mol. The zero-order chi connectivity index (χ0) is 52.2. The molecule has 0 aliphatic heterocycles. The number of benzene rings is 5. The highest BCUT2D eigenvalue weighted by Gasteiger charge is 2.24. The maximum absolute atomic E-state index is 13.4. The van der Waals surface area contributed by atoms with Crippen LogP contribution in [0.4, 0.5) is 23.0 Å². The van der Waals surface area contributed by atoms with Crippen molar-refractivity contribution in [1.29, 1.82) is 0 Å². The zero-order valence-electron chi connectivity index (χ0n) is 40.5. The Labute approximate surface area is 432 Å². The van der Waals surface area contributed by atoms with E-state index in [1.54, 1.807) is 91.1 Å². The number of rotatable bonds is 25. The molecule has 7 rings (SSSR count). The summed E-state index contributed by atoms with van der Waals surface area (Å²) >= 11 is 1.41. The van der Waals surface area contributed by atoms with Gasteiger partial charge in [-0.2, -0.15) is 0 Å². The van der Waals surface area contributed by atoms with Gasteiger partial charge in [0.1, 0.15) is 23.7 Å². The summed E-state index contributed by atoms with van der Waals surface area (Å²) in [5.41, 5.74) is 6.43. The summed E-state index contributed by atoms with van der Waals surface area (Å²) in [5.74, 6) is -2.25. The molecular formula is C57H56N8O8S. The Morgan fingerprint density at radius 3 is 1.66 bits per heavy atom. The number of hydrogen-bond donors (Lipinski definition) is 8. The predicted molar refractivity (Wildman–Crippen MR) is 288 cm³/mol. The van der Waals surface area contributed by atoms with Gasteiger partial charge in [-0.05, 0) is 114 Å². The Balaban J connectivity index is 0.837. The topological polar surface area (TPSA) is 241 Å². The molecule has 0 saturated heterocycles. The maximum Gasteiger partial charge on any atom is 0.326 e. The van der Waals surface area contributed by atoms with Gasteiger partial charge in [0.15, 0.2) is 0 Å². The van der Waals surface area contributed by atoms with Gasteiger partial charge in [0.05, 0.1) is 11.3 Å². The number of carboxylic acids is 2. The number of hydrogen-bond acceptors (Lipinski definition) is 11. The number of aliphatic carboxylic acids is 2. The second-order valence-corrected chi connectivity index (χ2v) is 18.0. The molecule has 2 atom stereocenters. The minimum absolute atomic E-state index is 0.0382. The van der Waals surface area contributed by atoms with Crippen molar-refractivity contribution in [2.75, 3.05) is 40.6 Å². The van der Waals surface area contributed by atoms with Crippen molar-refractivity contribution in [3.8, 4) is 22.4 Å². The van der Waals surface area contributed by atoms with Gasteiger partial charge in [-0.15, -0.1) is 11.8 Å². The number of carbonyl (C=O) groups is 6. The van der Waals surface area contributed by atoms with E-state index in [0.717, 1.165) is 33.1 Å². The molecule has 0 bridgehead atoms. The molecule has 0 saturated carbocycles. The molecule has 378 valence electrons. The third-order valence-electron chi connectivity index (χ3n) is 11.7. The van der Waals surface area contributed by atoms with E-state index < -0.39 is 35.8 Å². The van der Waals surface area contributed by atoms with Crippen LogP contribution in [0.25, 0.3) is 22.4 Å². The lowest BCUT2D eigenvalue weighted by molar-refractivity contribution is -0.140. The van der Waals surface area contributed by atoms with Gasteiger partial charge in [-0.1, -0.05) is 84.9 Å². The van der Waals surface area contributed by atoms with Gasteiger partial charge in [0.2, 0.25) is 11.8 Å². The van der Waals surface area contributed by atoms with Crippen LogP contribution in [-0.4, -0.2) is 87.2 Å². The van der Waals surface area contributed by atoms with Crippen LogP contribution in [0.15, 0.2) is 169 Å². The Kier molecular flexibility index (Phi) is 19.0. The number of aromatic nitrogens is 2. The number of nitrogens with one attached hydrogen (secondary N) is 6. The fourth-order valence-corrected chi connectivity index (χ4v) is 8.44. The summed E-state index contributed by atoms with van der Waals surface area (Å²) in [7, 11) is 0. The van der Waals surface area contributed by atoms with Crippen molar-refractivity contribution in [1.82, 2.24) is 20.6 Å². The fraction of sp³-hybridized carbons (Fsp3) is 0.193. The molecule has 7 aromatic rings. The lowest BCUT2D eigenvalue weighted by Crippen LogP contribution is -2.42. The summed E-state index contributed by atoms with van der Waals surface area (Å²) in [6.07, 6.45) is 5.35. The molecule has 0 fully saturated rings. The first-order chi connectivity index (χ1) is 35.9. The molecule has 8 N–H and O–H groups in total. The van der Waals surface area contributed by atoms with Crippen molar-refractivity contribution in [3.63, 3.8) is 0 Å². The SMILES string of the molecule is CSc1ccccc1C(=O)N[C@@H](Cc1ccc(NC(=O)CCCNc2cccc(-c3ccc(-c4cccc(C(=O)N[C@@H](Cc5ccc(NC(=O)CCCNc6ccccn6)cc5)C(=O)O)c4)cc3)n2)cc1)C(=O)O.